The van der Waals surface area contributed by atoms with Gasteiger partial charge in [0.25, 0.3) is 0 Å². The quantitative estimate of drug-likeness (QED) is 0.0600. The summed E-state index contributed by atoms with van der Waals surface area (Å²) in [6.07, 6.45) is 18.5. The SMILES string of the molecule is CCCCCCCCCCCCCCCC(C)C(=O)CC(CC(=O)P(O)C(=O)CC[N+](C)(C)C)NC(=O)CCC. The molecule has 0 aromatic heterocycles. The predicted octanol–water partition coefficient (Wildman–Crippen LogP) is 7.28. The number of ketones is 1. The average molecular weight is 586 g/mol. The molecule has 0 spiro atoms. The highest BCUT2D eigenvalue weighted by atomic mass is 31.1. The van der Waals surface area contributed by atoms with Crippen LogP contribution in [0.2, 0.25) is 0 Å². The minimum atomic E-state index is -2.44. The normalized spacial score (nSPS) is 14.0. The molecule has 1 amide bonds. The number of quaternary nitrogens is 1. The largest absolute Gasteiger partial charge is 0.360 e. The molecule has 0 heterocycles. The first-order valence-electron chi connectivity index (χ1n) is 16.1. The summed E-state index contributed by atoms with van der Waals surface area (Å²) in [4.78, 5) is 60.6. The molecule has 0 aliphatic carbocycles. The summed E-state index contributed by atoms with van der Waals surface area (Å²) in [7, 11) is 3.39. The third kappa shape index (κ3) is 21.6. The van der Waals surface area contributed by atoms with Gasteiger partial charge < -0.3 is 14.7 Å². The van der Waals surface area contributed by atoms with Crippen LogP contribution in [0.5, 0.6) is 0 Å². The van der Waals surface area contributed by atoms with E-state index in [1.54, 1.807) is 0 Å². The Labute approximate surface area is 247 Å². The lowest BCUT2D eigenvalue weighted by atomic mass is 9.93. The molecule has 0 aromatic rings. The Morgan fingerprint density at radius 3 is 1.68 bits per heavy atom. The van der Waals surface area contributed by atoms with Crippen molar-refractivity contribution in [3.63, 3.8) is 0 Å². The lowest BCUT2D eigenvalue weighted by Gasteiger charge is -2.24. The van der Waals surface area contributed by atoms with Crippen LogP contribution in [0.3, 0.4) is 0 Å². The van der Waals surface area contributed by atoms with Crippen LogP contribution < -0.4 is 5.32 Å². The number of carbonyl (C=O) groups is 4. The van der Waals surface area contributed by atoms with Crippen LogP contribution in [0.1, 0.15) is 143 Å². The van der Waals surface area contributed by atoms with E-state index in [4.69, 9.17) is 0 Å². The number of nitrogens with one attached hydrogen (secondary N) is 1. The molecule has 3 atom stereocenters. The maximum atomic E-state index is 13.0. The van der Waals surface area contributed by atoms with Crippen LogP contribution >= 0.6 is 8.15 Å². The Hall–Kier alpha value is -1.17. The number of hydrogen-bond donors (Lipinski definition) is 2. The second-order valence-corrected chi connectivity index (χ2v) is 14.3. The van der Waals surface area contributed by atoms with E-state index in [1.165, 1.54) is 70.6 Å². The molecule has 0 saturated carbocycles. The van der Waals surface area contributed by atoms with Crippen molar-refractivity contribution in [1.82, 2.24) is 5.32 Å². The van der Waals surface area contributed by atoms with E-state index in [9.17, 15) is 24.1 Å². The third-order valence-electron chi connectivity index (χ3n) is 7.47. The van der Waals surface area contributed by atoms with Gasteiger partial charge in [0.05, 0.1) is 34.1 Å². The van der Waals surface area contributed by atoms with E-state index < -0.39 is 25.2 Å². The number of nitrogens with zero attached hydrogens (tertiary/aromatic N) is 1. The van der Waals surface area contributed by atoms with Crippen molar-refractivity contribution >= 4 is 30.9 Å². The van der Waals surface area contributed by atoms with Crippen molar-refractivity contribution in [2.75, 3.05) is 27.7 Å². The number of rotatable bonds is 27. The first kappa shape index (κ1) is 38.8. The van der Waals surface area contributed by atoms with Gasteiger partial charge in [-0.2, -0.15) is 0 Å². The van der Waals surface area contributed by atoms with Crippen LogP contribution in [0.4, 0.5) is 0 Å². The fraction of sp³-hybridized carbons (Fsp3) is 0.875. The number of carbonyl (C=O) groups excluding carboxylic acids is 4. The summed E-state index contributed by atoms with van der Waals surface area (Å²) in [5, 5.41) is 2.81. The average Bonchev–Trinajstić information content (AvgIpc) is 2.88. The van der Waals surface area contributed by atoms with E-state index in [0.29, 0.717) is 23.9 Å². The summed E-state index contributed by atoms with van der Waals surface area (Å²) in [6.45, 7) is 6.59. The van der Waals surface area contributed by atoms with E-state index in [1.807, 2.05) is 35.0 Å². The van der Waals surface area contributed by atoms with E-state index >= 15 is 0 Å². The maximum Gasteiger partial charge on any atom is 0.220 e. The van der Waals surface area contributed by atoms with Crippen molar-refractivity contribution in [2.24, 2.45) is 5.92 Å². The minimum Gasteiger partial charge on any atom is -0.360 e. The van der Waals surface area contributed by atoms with Gasteiger partial charge in [0.1, 0.15) is 5.78 Å². The molecule has 40 heavy (non-hydrogen) atoms. The highest BCUT2D eigenvalue weighted by molar-refractivity contribution is 7.84. The first-order valence-corrected chi connectivity index (χ1v) is 17.4. The Balaban J connectivity index is 4.46. The van der Waals surface area contributed by atoms with Gasteiger partial charge in [-0.05, 0) is 12.8 Å². The maximum absolute atomic E-state index is 13.0. The Morgan fingerprint density at radius 2 is 1.20 bits per heavy atom. The second-order valence-electron chi connectivity index (χ2n) is 12.7. The fourth-order valence-corrected chi connectivity index (χ4v) is 5.73. The van der Waals surface area contributed by atoms with Gasteiger partial charge in [-0.1, -0.05) is 104 Å². The number of unbranched alkanes of at least 4 members (excludes halogenated alkanes) is 12. The molecule has 2 N–H and O–H groups in total. The first-order chi connectivity index (χ1) is 18.9. The van der Waals surface area contributed by atoms with Crippen LogP contribution in [0.25, 0.3) is 0 Å². The zero-order valence-electron chi connectivity index (χ0n) is 26.8. The van der Waals surface area contributed by atoms with Crippen LogP contribution in [-0.2, 0) is 19.2 Å². The van der Waals surface area contributed by atoms with E-state index in [-0.39, 0.29) is 36.9 Å². The molecule has 8 heteroatoms. The summed E-state index contributed by atoms with van der Waals surface area (Å²) in [5.74, 6) is -0.335. The van der Waals surface area contributed by atoms with Gasteiger partial charge in [0.2, 0.25) is 5.91 Å². The predicted molar refractivity (Wildman–Crippen MR) is 167 cm³/mol. The van der Waals surface area contributed by atoms with Crippen LogP contribution in [0, 0.1) is 5.92 Å². The molecular weight excluding hydrogens is 523 g/mol. The number of amides is 1. The molecule has 3 unspecified atom stereocenters. The Bertz CT molecular complexity index is 723. The van der Waals surface area contributed by atoms with Crippen molar-refractivity contribution in [3.05, 3.63) is 0 Å². The molecule has 0 rings (SSSR count). The van der Waals surface area contributed by atoms with Gasteiger partial charge in [0, 0.05) is 31.2 Å². The third-order valence-corrected chi connectivity index (χ3v) is 8.82. The summed E-state index contributed by atoms with van der Waals surface area (Å²) in [6, 6.07) is -0.684. The van der Waals surface area contributed by atoms with E-state index in [0.717, 1.165) is 19.3 Å². The molecule has 0 radical (unpaired) electrons. The fourth-order valence-electron chi connectivity index (χ4n) is 4.75. The molecular formula is C32H62N2O5P+. The van der Waals surface area contributed by atoms with Gasteiger partial charge in [-0.3, -0.25) is 19.2 Å². The van der Waals surface area contributed by atoms with Gasteiger partial charge in [-0.15, -0.1) is 0 Å². The number of hydrogen-bond acceptors (Lipinski definition) is 5. The Morgan fingerprint density at radius 1 is 0.700 bits per heavy atom. The molecule has 0 aliphatic heterocycles. The second kappa shape index (κ2) is 23.4. The summed E-state index contributed by atoms with van der Waals surface area (Å²) in [5.41, 5.74) is -1.02. The summed E-state index contributed by atoms with van der Waals surface area (Å²) >= 11 is 0. The molecule has 234 valence electrons. The molecule has 0 fully saturated rings. The standard InChI is InChI=1S/C32H61N2O5P/c1-7-9-10-11-12-13-14-15-16-17-18-19-20-22-27(3)29(35)25-28(33-30(36)21-8-2)26-32(38)40(39)31(37)23-24-34(4,5)6/h27-28,39H,7-26H2,1-6H3/p+1. The summed E-state index contributed by atoms with van der Waals surface area (Å²) < 4.78 is 0.560. The smallest absolute Gasteiger partial charge is 0.220 e. The van der Waals surface area contributed by atoms with Crippen molar-refractivity contribution in [2.45, 2.75) is 149 Å². The topological polar surface area (TPSA) is 101 Å². The van der Waals surface area contributed by atoms with Gasteiger partial charge in [-0.25, -0.2) is 0 Å². The zero-order valence-corrected chi connectivity index (χ0v) is 27.7. The van der Waals surface area contributed by atoms with Crippen LogP contribution in [-0.4, -0.2) is 65.8 Å². The molecule has 7 nitrogen and oxygen atoms in total. The molecule has 0 bridgehead atoms. The zero-order chi connectivity index (χ0) is 30.4. The lowest BCUT2D eigenvalue weighted by Crippen LogP contribution is -2.39. The molecule has 0 aliphatic rings. The molecule has 0 saturated heterocycles. The lowest BCUT2D eigenvalue weighted by molar-refractivity contribution is -0.869. The van der Waals surface area contributed by atoms with Crippen molar-refractivity contribution in [3.8, 4) is 0 Å². The highest BCUT2D eigenvalue weighted by Gasteiger charge is 2.30. The van der Waals surface area contributed by atoms with Crippen molar-refractivity contribution < 1.29 is 28.6 Å². The van der Waals surface area contributed by atoms with E-state index in [2.05, 4.69) is 12.2 Å². The molecule has 0 aromatic carbocycles. The number of Topliss-reactive ketones (excluding diaryl/α,β-unsaturated/α-hetero) is 1. The monoisotopic (exact) mass is 585 g/mol. The Kier molecular flexibility index (Phi) is 22.7. The van der Waals surface area contributed by atoms with Crippen LogP contribution in [0.15, 0.2) is 0 Å². The highest BCUT2D eigenvalue weighted by Crippen LogP contribution is 2.36. The van der Waals surface area contributed by atoms with Gasteiger partial charge >= 0.3 is 0 Å². The van der Waals surface area contributed by atoms with Crippen molar-refractivity contribution in [1.29, 1.82) is 0 Å². The van der Waals surface area contributed by atoms with Gasteiger partial charge in [0.15, 0.2) is 19.2 Å². The minimum absolute atomic E-state index is 0.0205.